The smallest absolute Gasteiger partial charge is 0.234 e. The number of benzene rings is 1. The molecule has 6 heteroatoms. The summed E-state index contributed by atoms with van der Waals surface area (Å²) in [6.45, 7) is 6.72. The molecule has 148 valence electrons. The molecule has 1 amide bonds. The fourth-order valence-corrected chi connectivity index (χ4v) is 4.42. The molecular formula is C21H31N3O3. The molecule has 3 fully saturated rings. The van der Waals surface area contributed by atoms with Gasteiger partial charge in [0.2, 0.25) is 5.91 Å². The van der Waals surface area contributed by atoms with Gasteiger partial charge in [0.1, 0.15) is 0 Å². The number of nitrogens with one attached hydrogen (secondary N) is 1. The molecule has 0 spiro atoms. The first-order valence-corrected chi connectivity index (χ1v) is 10.3. The van der Waals surface area contributed by atoms with Crippen LogP contribution in [0.3, 0.4) is 0 Å². The second kappa shape index (κ2) is 9.04. The maximum absolute atomic E-state index is 12.3. The average molecular weight is 373 g/mol. The quantitative estimate of drug-likeness (QED) is 0.823. The second-order valence-electron chi connectivity index (χ2n) is 7.96. The predicted octanol–water partition coefficient (Wildman–Crippen LogP) is 1.71. The van der Waals surface area contributed by atoms with E-state index in [0.717, 1.165) is 65.2 Å². The lowest BCUT2D eigenvalue weighted by molar-refractivity contribution is -0.124. The van der Waals surface area contributed by atoms with Gasteiger partial charge >= 0.3 is 0 Å². The van der Waals surface area contributed by atoms with Crippen LogP contribution in [0.15, 0.2) is 30.3 Å². The highest BCUT2D eigenvalue weighted by Crippen LogP contribution is 2.26. The molecule has 1 atom stereocenters. The van der Waals surface area contributed by atoms with Gasteiger partial charge in [-0.05, 0) is 50.4 Å². The zero-order chi connectivity index (χ0) is 18.5. The lowest BCUT2D eigenvalue weighted by atomic mass is 9.96. The number of ether oxygens (including phenoxy) is 2. The Labute approximate surface area is 161 Å². The van der Waals surface area contributed by atoms with E-state index in [1.807, 2.05) is 6.07 Å². The largest absolute Gasteiger partial charge is 0.371 e. The van der Waals surface area contributed by atoms with E-state index in [4.69, 9.17) is 9.47 Å². The van der Waals surface area contributed by atoms with Crippen LogP contribution in [0, 0.1) is 11.8 Å². The minimum atomic E-state index is -0.0177. The number of amides is 1. The van der Waals surface area contributed by atoms with Crippen LogP contribution in [0.25, 0.3) is 0 Å². The van der Waals surface area contributed by atoms with Crippen molar-refractivity contribution in [2.24, 2.45) is 11.8 Å². The first kappa shape index (κ1) is 18.7. The van der Waals surface area contributed by atoms with E-state index in [-0.39, 0.29) is 12.2 Å². The van der Waals surface area contributed by atoms with Crippen molar-refractivity contribution < 1.29 is 14.3 Å². The molecule has 4 rings (SSSR count). The molecule has 0 bridgehead atoms. The van der Waals surface area contributed by atoms with Gasteiger partial charge in [0.25, 0.3) is 0 Å². The monoisotopic (exact) mass is 373 g/mol. The van der Waals surface area contributed by atoms with Crippen molar-refractivity contribution in [2.45, 2.75) is 25.6 Å². The number of likely N-dealkylation sites (tertiary alicyclic amines) is 1. The zero-order valence-electron chi connectivity index (χ0n) is 16.0. The molecule has 1 unspecified atom stereocenters. The number of hydrogen-bond donors (Lipinski definition) is 1. The van der Waals surface area contributed by atoms with Crippen LogP contribution in [0.4, 0.5) is 5.69 Å². The van der Waals surface area contributed by atoms with Crippen LogP contribution in [-0.2, 0) is 14.3 Å². The summed E-state index contributed by atoms with van der Waals surface area (Å²) < 4.78 is 11.2. The molecule has 3 aliphatic rings. The minimum Gasteiger partial charge on any atom is -0.371 e. The van der Waals surface area contributed by atoms with Gasteiger partial charge in [-0.1, -0.05) is 18.2 Å². The van der Waals surface area contributed by atoms with Crippen LogP contribution in [0.2, 0.25) is 0 Å². The summed E-state index contributed by atoms with van der Waals surface area (Å²) in [5.74, 6) is 1.17. The Balaban J connectivity index is 1.13. The number of anilines is 1. The highest BCUT2D eigenvalue weighted by atomic mass is 16.7. The van der Waals surface area contributed by atoms with Crippen molar-refractivity contribution >= 4 is 11.6 Å². The summed E-state index contributed by atoms with van der Waals surface area (Å²) in [6.07, 6.45) is 3.22. The maximum Gasteiger partial charge on any atom is 0.234 e. The van der Waals surface area contributed by atoms with Crippen molar-refractivity contribution in [3.63, 3.8) is 0 Å². The Hall–Kier alpha value is -1.63. The Morgan fingerprint density at radius 3 is 2.52 bits per heavy atom. The van der Waals surface area contributed by atoms with Crippen molar-refractivity contribution in [3.8, 4) is 0 Å². The topological polar surface area (TPSA) is 54.0 Å². The van der Waals surface area contributed by atoms with E-state index < -0.39 is 0 Å². The highest BCUT2D eigenvalue weighted by Gasteiger charge is 2.31. The molecule has 3 heterocycles. The second-order valence-corrected chi connectivity index (χ2v) is 7.96. The number of para-hydroxylation sites is 1. The van der Waals surface area contributed by atoms with Gasteiger partial charge in [-0.2, -0.15) is 0 Å². The molecule has 1 aromatic rings. The van der Waals surface area contributed by atoms with E-state index >= 15 is 0 Å². The van der Waals surface area contributed by atoms with Crippen molar-refractivity contribution in [1.82, 2.24) is 10.2 Å². The van der Waals surface area contributed by atoms with Gasteiger partial charge in [-0.3, -0.25) is 9.69 Å². The molecule has 3 saturated heterocycles. The Bertz CT molecular complexity index is 598. The molecule has 6 nitrogen and oxygen atoms in total. The summed E-state index contributed by atoms with van der Waals surface area (Å²) in [7, 11) is 0. The molecule has 27 heavy (non-hydrogen) atoms. The van der Waals surface area contributed by atoms with Crippen molar-refractivity contribution in [1.29, 1.82) is 0 Å². The molecule has 1 N–H and O–H groups in total. The summed E-state index contributed by atoms with van der Waals surface area (Å²) in [6, 6.07) is 10.5. The molecule has 0 aromatic heterocycles. The van der Waals surface area contributed by atoms with Gasteiger partial charge < -0.3 is 19.7 Å². The normalized spacial score (nSPS) is 25.2. The number of nitrogens with zero attached hydrogens (tertiary/aromatic N) is 2. The van der Waals surface area contributed by atoms with E-state index in [1.165, 1.54) is 5.69 Å². The predicted molar refractivity (Wildman–Crippen MR) is 105 cm³/mol. The first-order valence-electron chi connectivity index (χ1n) is 10.3. The van der Waals surface area contributed by atoms with Gasteiger partial charge in [0.05, 0.1) is 19.8 Å². The molecule has 1 aromatic carbocycles. The highest BCUT2D eigenvalue weighted by molar-refractivity contribution is 5.78. The maximum atomic E-state index is 12.3. The van der Waals surface area contributed by atoms with E-state index in [0.29, 0.717) is 18.4 Å². The molecule has 0 aliphatic carbocycles. The van der Waals surface area contributed by atoms with E-state index in [9.17, 15) is 4.79 Å². The van der Waals surface area contributed by atoms with Crippen LogP contribution in [0.5, 0.6) is 0 Å². The average Bonchev–Trinajstić information content (AvgIpc) is 3.40. The Morgan fingerprint density at radius 2 is 1.78 bits per heavy atom. The van der Waals surface area contributed by atoms with Crippen LogP contribution < -0.4 is 10.2 Å². The lowest BCUT2D eigenvalue weighted by Gasteiger charge is -2.33. The van der Waals surface area contributed by atoms with Gasteiger partial charge in [0.15, 0.2) is 6.29 Å². The van der Waals surface area contributed by atoms with Gasteiger partial charge in [-0.25, -0.2) is 0 Å². The lowest BCUT2D eigenvalue weighted by Crippen LogP contribution is -2.44. The molecule has 0 saturated carbocycles. The summed E-state index contributed by atoms with van der Waals surface area (Å²) in [5, 5.41) is 3.15. The minimum absolute atomic E-state index is 0.0177. The number of piperidine rings is 1. The first-order chi connectivity index (χ1) is 13.3. The summed E-state index contributed by atoms with van der Waals surface area (Å²) in [4.78, 5) is 17.0. The molecule has 0 radical (unpaired) electrons. The standard InChI is InChI=1S/C21H31N3O3/c25-20(16-23-9-7-18(8-10-23)21-26-12-13-27-21)22-14-17-6-11-24(15-17)19-4-2-1-3-5-19/h1-5,17-18,21H,6-16H2,(H,22,25). The molecule has 3 aliphatic heterocycles. The summed E-state index contributed by atoms with van der Waals surface area (Å²) >= 11 is 0. The van der Waals surface area contributed by atoms with Gasteiger partial charge in [-0.15, -0.1) is 0 Å². The Morgan fingerprint density at radius 1 is 1.04 bits per heavy atom. The summed E-state index contributed by atoms with van der Waals surface area (Å²) in [5.41, 5.74) is 1.28. The van der Waals surface area contributed by atoms with Crippen LogP contribution >= 0.6 is 0 Å². The third-order valence-electron chi connectivity index (χ3n) is 6.03. The Kier molecular flexibility index (Phi) is 6.27. The SMILES string of the molecule is O=C(CN1CCC(C2OCCO2)CC1)NCC1CCN(c2ccccc2)C1. The van der Waals surface area contributed by atoms with E-state index in [1.54, 1.807) is 0 Å². The zero-order valence-corrected chi connectivity index (χ0v) is 16.0. The number of carbonyl (C=O) groups is 1. The third-order valence-corrected chi connectivity index (χ3v) is 6.03. The number of carbonyl (C=O) groups excluding carboxylic acids is 1. The van der Waals surface area contributed by atoms with Crippen LogP contribution in [-0.4, -0.2) is 69.6 Å². The number of rotatable bonds is 6. The third kappa shape index (κ3) is 5.00. The fraction of sp³-hybridized carbons (Fsp3) is 0.667. The van der Waals surface area contributed by atoms with Gasteiger partial charge in [0, 0.05) is 31.2 Å². The number of hydrogen-bond acceptors (Lipinski definition) is 5. The van der Waals surface area contributed by atoms with E-state index in [2.05, 4.69) is 39.4 Å². The molecular weight excluding hydrogens is 342 g/mol. The fourth-order valence-electron chi connectivity index (χ4n) is 4.42. The van der Waals surface area contributed by atoms with Crippen LogP contribution in [0.1, 0.15) is 19.3 Å². The van der Waals surface area contributed by atoms with Crippen molar-refractivity contribution in [3.05, 3.63) is 30.3 Å². The van der Waals surface area contributed by atoms with Crippen molar-refractivity contribution in [2.75, 3.05) is 57.4 Å².